The van der Waals surface area contributed by atoms with E-state index >= 15 is 0 Å². The van der Waals surface area contributed by atoms with E-state index in [1.807, 2.05) is 6.07 Å². The van der Waals surface area contributed by atoms with Gasteiger partial charge >= 0.3 is 0 Å². The molecule has 0 aliphatic rings. The van der Waals surface area contributed by atoms with Crippen molar-refractivity contribution in [2.75, 3.05) is 6.61 Å². The van der Waals surface area contributed by atoms with Crippen molar-refractivity contribution in [2.24, 2.45) is 0 Å². The Kier molecular flexibility index (Phi) is 4.83. The molecule has 1 aromatic carbocycles. The van der Waals surface area contributed by atoms with Crippen molar-refractivity contribution in [3.8, 4) is 0 Å². The highest BCUT2D eigenvalue weighted by Crippen LogP contribution is 2.32. The van der Waals surface area contributed by atoms with Crippen molar-refractivity contribution in [3.63, 3.8) is 0 Å². The normalized spacial score (nSPS) is 14.9. The molecular formula is C14H22O. The van der Waals surface area contributed by atoms with E-state index in [2.05, 4.69) is 38.1 Å². The first-order valence-electron chi connectivity index (χ1n) is 5.89. The summed E-state index contributed by atoms with van der Waals surface area (Å²) in [5, 5.41) is 9.16. The average molecular weight is 206 g/mol. The largest absolute Gasteiger partial charge is 0.396 e. The molecular weight excluding hydrogens is 184 g/mol. The lowest BCUT2D eigenvalue weighted by molar-refractivity contribution is 0.236. The molecule has 0 amide bonds. The maximum absolute atomic E-state index is 9.16. The summed E-state index contributed by atoms with van der Waals surface area (Å²) in [5.41, 5.74) is 1.50. The minimum atomic E-state index is 0.145. The van der Waals surface area contributed by atoms with Crippen LogP contribution in [-0.2, 0) is 5.41 Å². The number of unbranched alkanes of at least 4 members (excludes halogenated alkanes) is 1. The number of rotatable bonds is 6. The van der Waals surface area contributed by atoms with E-state index in [9.17, 15) is 0 Å². The fraction of sp³-hybridized carbons (Fsp3) is 0.571. The first-order chi connectivity index (χ1) is 7.23. The Hall–Kier alpha value is -0.820. The van der Waals surface area contributed by atoms with Gasteiger partial charge in [-0.1, -0.05) is 57.0 Å². The van der Waals surface area contributed by atoms with Crippen molar-refractivity contribution in [3.05, 3.63) is 35.9 Å². The molecule has 0 unspecified atom stereocenters. The van der Waals surface area contributed by atoms with Crippen molar-refractivity contribution in [2.45, 2.75) is 44.9 Å². The van der Waals surface area contributed by atoms with Crippen LogP contribution in [0.5, 0.6) is 0 Å². The third kappa shape index (κ3) is 3.35. The standard InChI is InChI=1S/C14H22O/c1-3-4-10-14(2,11-12-15)13-8-6-5-7-9-13/h5-9,15H,3-4,10-12H2,1-2H3/t14-/m0/s1. The fourth-order valence-electron chi connectivity index (χ4n) is 2.07. The Bertz CT molecular complexity index is 268. The Labute approximate surface area is 93.1 Å². The van der Waals surface area contributed by atoms with E-state index in [0.717, 1.165) is 12.8 Å². The molecule has 1 heteroatoms. The average Bonchev–Trinajstić information content (AvgIpc) is 2.28. The van der Waals surface area contributed by atoms with Gasteiger partial charge < -0.3 is 5.11 Å². The molecule has 1 atom stereocenters. The maximum atomic E-state index is 9.16. The van der Waals surface area contributed by atoms with Gasteiger partial charge in [0, 0.05) is 6.61 Å². The second-order valence-corrected chi connectivity index (χ2v) is 4.50. The van der Waals surface area contributed by atoms with E-state index in [1.165, 1.54) is 18.4 Å². The van der Waals surface area contributed by atoms with Gasteiger partial charge in [-0.05, 0) is 23.8 Å². The third-order valence-electron chi connectivity index (χ3n) is 3.22. The lowest BCUT2D eigenvalue weighted by Crippen LogP contribution is -2.23. The van der Waals surface area contributed by atoms with Crippen molar-refractivity contribution in [1.29, 1.82) is 0 Å². The minimum absolute atomic E-state index is 0.145. The summed E-state index contributed by atoms with van der Waals surface area (Å²) in [7, 11) is 0. The molecule has 0 aliphatic heterocycles. The molecule has 0 saturated carbocycles. The molecule has 0 spiro atoms. The zero-order valence-corrected chi connectivity index (χ0v) is 9.87. The van der Waals surface area contributed by atoms with Gasteiger partial charge in [-0.3, -0.25) is 0 Å². The predicted octanol–water partition coefficient (Wildman–Crippen LogP) is 3.52. The van der Waals surface area contributed by atoms with Crippen LogP contribution in [0.3, 0.4) is 0 Å². The molecule has 0 radical (unpaired) electrons. The van der Waals surface area contributed by atoms with E-state index < -0.39 is 0 Å². The summed E-state index contributed by atoms with van der Waals surface area (Å²) in [5.74, 6) is 0. The molecule has 0 bridgehead atoms. The van der Waals surface area contributed by atoms with E-state index in [0.29, 0.717) is 0 Å². The number of hydrogen-bond acceptors (Lipinski definition) is 1. The second kappa shape index (κ2) is 5.92. The number of benzene rings is 1. The molecule has 0 heterocycles. The Balaban J connectivity index is 2.80. The lowest BCUT2D eigenvalue weighted by atomic mass is 9.76. The predicted molar refractivity (Wildman–Crippen MR) is 65.0 cm³/mol. The van der Waals surface area contributed by atoms with Crippen LogP contribution in [0.4, 0.5) is 0 Å². The summed E-state index contributed by atoms with van der Waals surface area (Å²) in [6.45, 7) is 4.74. The van der Waals surface area contributed by atoms with Crippen LogP contribution >= 0.6 is 0 Å². The zero-order chi connectivity index (χ0) is 11.1. The Morgan fingerprint density at radius 3 is 2.33 bits per heavy atom. The van der Waals surface area contributed by atoms with Gasteiger partial charge in [0.1, 0.15) is 0 Å². The van der Waals surface area contributed by atoms with Crippen LogP contribution in [0.1, 0.15) is 45.1 Å². The number of aliphatic hydroxyl groups is 1. The topological polar surface area (TPSA) is 20.2 Å². The van der Waals surface area contributed by atoms with Gasteiger partial charge in [-0.25, -0.2) is 0 Å². The molecule has 1 N–H and O–H groups in total. The highest BCUT2D eigenvalue weighted by Gasteiger charge is 2.24. The smallest absolute Gasteiger partial charge is 0.0439 e. The van der Waals surface area contributed by atoms with Crippen molar-refractivity contribution >= 4 is 0 Å². The van der Waals surface area contributed by atoms with E-state index in [4.69, 9.17) is 5.11 Å². The van der Waals surface area contributed by atoms with Gasteiger partial charge in [-0.2, -0.15) is 0 Å². The van der Waals surface area contributed by atoms with Gasteiger partial charge in [0.05, 0.1) is 0 Å². The van der Waals surface area contributed by atoms with Crippen LogP contribution in [0.25, 0.3) is 0 Å². The fourth-order valence-corrected chi connectivity index (χ4v) is 2.07. The van der Waals surface area contributed by atoms with Crippen LogP contribution < -0.4 is 0 Å². The van der Waals surface area contributed by atoms with Crippen LogP contribution in [-0.4, -0.2) is 11.7 Å². The van der Waals surface area contributed by atoms with Gasteiger partial charge in [0.2, 0.25) is 0 Å². The minimum Gasteiger partial charge on any atom is -0.396 e. The lowest BCUT2D eigenvalue weighted by Gasteiger charge is -2.29. The highest BCUT2D eigenvalue weighted by molar-refractivity contribution is 5.24. The summed E-state index contributed by atoms with van der Waals surface area (Å²) in [4.78, 5) is 0. The first kappa shape index (κ1) is 12.3. The third-order valence-corrected chi connectivity index (χ3v) is 3.22. The van der Waals surface area contributed by atoms with Crippen LogP contribution in [0, 0.1) is 0 Å². The number of aliphatic hydroxyl groups excluding tert-OH is 1. The molecule has 0 aromatic heterocycles. The van der Waals surface area contributed by atoms with Gasteiger partial charge in [-0.15, -0.1) is 0 Å². The molecule has 0 saturated heterocycles. The molecule has 1 aromatic rings. The summed E-state index contributed by atoms with van der Waals surface area (Å²) < 4.78 is 0. The highest BCUT2D eigenvalue weighted by atomic mass is 16.3. The quantitative estimate of drug-likeness (QED) is 0.755. The van der Waals surface area contributed by atoms with Gasteiger partial charge in [0.25, 0.3) is 0 Å². The summed E-state index contributed by atoms with van der Waals surface area (Å²) in [6.07, 6.45) is 4.46. The van der Waals surface area contributed by atoms with Crippen molar-refractivity contribution < 1.29 is 5.11 Å². The molecule has 0 fully saturated rings. The first-order valence-corrected chi connectivity index (χ1v) is 5.89. The monoisotopic (exact) mass is 206 g/mol. The Morgan fingerprint density at radius 1 is 1.13 bits per heavy atom. The number of hydrogen-bond donors (Lipinski definition) is 1. The maximum Gasteiger partial charge on any atom is 0.0439 e. The molecule has 15 heavy (non-hydrogen) atoms. The van der Waals surface area contributed by atoms with E-state index in [1.54, 1.807) is 0 Å². The van der Waals surface area contributed by atoms with Gasteiger partial charge in [0.15, 0.2) is 0 Å². The zero-order valence-electron chi connectivity index (χ0n) is 9.87. The summed E-state index contributed by atoms with van der Waals surface area (Å²) >= 11 is 0. The molecule has 1 rings (SSSR count). The van der Waals surface area contributed by atoms with Crippen LogP contribution in [0.15, 0.2) is 30.3 Å². The SMILES string of the molecule is CCCC[C@@](C)(CCO)c1ccccc1. The molecule has 84 valence electrons. The van der Waals surface area contributed by atoms with Crippen molar-refractivity contribution in [1.82, 2.24) is 0 Å². The summed E-state index contributed by atoms with van der Waals surface area (Å²) in [6, 6.07) is 10.5. The molecule has 1 nitrogen and oxygen atoms in total. The van der Waals surface area contributed by atoms with Crippen LogP contribution in [0.2, 0.25) is 0 Å². The Morgan fingerprint density at radius 2 is 1.80 bits per heavy atom. The second-order valence-electron chi connectivity index (χ2n) is 4.50. The van der Waals surface area contributed by atoms with E-state index in [-0.39, 0.29) is 12.0 Å². The molecule has 0 aliphatic carbocycles.